The second-order valence-electron chi connectivity index (χ2n) is 5.82. The Balaban J connectivity index is 2.26. The zero-order valence-electron chi connectivity index (χ0n) is 14.1. The number of aryl methyl sites for hydroxylation is 2. The van der Waals surface area contributed by atoms with Crippen molar-refractivity contribution in [2.45, 2.75) is 13.8 Å². The molecule has 1 amide bonds. The van der Waals surface area contributed by atoms with Gasteiger partial charge in [0.2, 0.25) is 0 Å². The summed E-state index contributed by atoms with van der Waals surface area (Å²) >= 11 is 0. The van der Waals surface area contributed by atoms with Gasteiger partial charge in [0.05, 0.1) is 5.56 Å². The zero-order valence-corrected chi connectivity index (χ0v) is 14.1. The van der Waals surface area contributed by atoms with Crippen LogP contribution in [0.2, 0.25) is 0 Å². The molecule has 3 nitrogen and oxygen atoms in total. The molecule has 122 valence electrons. The van der Waals surface area contributed by atoms with Crippen molar-refractivity contribution in [2.75, 3.05) is 27.2 Å². The fraction of sp³-hybridized carbons (Fsp3) is 0.316. The molecule has 0 fully saturated rings. The molecule has 0 aromatic heterocycles. The Kier molecular flexibility index (Phi) is 5.50. The standard InChI is InChI=1S/C19H23FN2O/c1-13-5-6-15(11-14(13)2)16-7-8-17(18(20)12-16)19(23)22(4)10-9-21-3/h5-8,11-12,21H,9-10H2,1-4H3. The summed E-state index contributed by atoms with van der Waals surface area (Å²) in [5.41, 5.74) is 4.20. The van der Waals surface area contributed by atoms with Gasteiger partial charge in [-0.2, -0.15) is 0 Å². The lowest BCUT2D eigenvalue weighted by Crippen LogP contribution is -2.33. The number of amides is 1. The zero-order chi connectivity index (χ0) is 17.0. The Bertz CT molecular complexity index is 713. The number of carbonyl (C=O) groups is 1. The Hall–Kier alpha value is -2.20. The van der Waals surface area contributed by atoms with Crippen molar-refractivity contribution in [3.05, 3.63) is 58.9 Å². The second kappa shape index (κ2) is 7.38. The summed E-state index contributed by atoms with van der Waals surface area (Å²) in [6.07, 6.45) is 0. The van der Waals surface area contributed by atoms with Crippen LogP contribution in [0.15, 0.2) is 36.4 Å². The molecule has 4 heteroatoms. The largest absolute Gasteiger partial charge is 0.340 e. The minimum absolute atomic E-state index is 0.108. The minimum atomic E-state index is -0.484. The van der Waals surface area contributed by atoms with Gasteiger partial charge in [-0.1, -0.05) is 24.3 Å². The lowest BCUT2D eigenvalue weighted by atomic mass is 9.99. The van der Waals surface area contributed by atoms with E-state index in [9.17, 15) is 9.18 Å². The summed E-state index contributed by atoms with van der Waals surface area (Å²) in [5.74, 6) is -0.786. The first-order chi connectivity index (χ1) is 10.9. The number of hydrogen-bond donors (Lipinski definition) is 1. The molecule has 1 N–H and O–H groups in total. The fourth-order valence-electron chi connectivity index (χ4n) is 2.38. The molecule has 0 unspecified atom stereocenters. The predicted octanol–water partition coefficient (Wildman–Crippen LogP) is 3.40. The SMILES string of the molecule is CNCCN(C)C(=O)c1ccc(-c2ccc(C)c(C)c2)cc1F. The van der Waals surface area contributed by atoms with Crippen LogP contribution in [0.4, 0.5) is 4.39 Å². The average Bonchev–Trinajstić information content (AvgIpc) is 2.54. The van der Waals surface area contributed by atoms with Gasteiger partial charge in [-0.05, 0) is 55.3 Å². The fourth-order valence-corrected chi connectivity index (χ4v) is 2.38. The molecule has 2 aromatic carbocycles. The molecule has 0 heterocycles. The quantitative estimate of drug-likeness (QED) is 0.917. The molecule has 2 aromatic rings. The van der Waals surface area contributed by atoms with Gasteiger partial charge in [-0.3, -0.25) is 4.79 Å². The van der Waals surface area contributed by atoms with Crippen LogP contribution in [0.25, 0.3) is 11.1 Å². The van der Waals surface area contributed by atoms with Crippen LogP contribution in [0.5, 0.6) is 0 Å². The number of nitrogens with one attached hydrogen (secondary N) is 1. The monoisotopic (exact) mass is 314 g/mol. The van der Waals surface area contributed by atoms with E-state index in [1.807, 2.05) is 39.1 Å². The first-order valence-electron chi connectivity index (χ1n) is 7.71. The summed E-state index contributed by atoms with van der Waals surface area (Å²) in [6.45, 7) is 5.28. The molecular weight excluding hydrogens is 291 g/mol. The van der Waals surface area contributed by atoms with Crippen molar-refractivity contribution < 1.29 is 9.18 Å². The van der Waals surface area contributed by atoms with E-state index in [0.717, 1.165) is 16.7 Å². The average molecular weight is 314 g/mol. The highest BCUT2D eigenvalue weighted by molar-refractivity contribution is 5.94. The van der Waals surface area contributed by atoms with Crippen molar-refractivity contribution in [1.82, 2.24) is 10.2 Å². The maximum absolute atomic E-state index is 14.4. The molecule has 0 radical (unpaired) electrons. The number of benzene rings is 2. The molecule has 0 aliphatic carbocycles. The van der Waals surface area contributed by atoms with Crippen LogP contribution < -0.4 is 5.32 Å². The van der Waals surface area contributed by atoms with Gasteiger partial charge >= 0.3 is 0 Å². The first-order valence-corrected chi connectivity index (χ1v) is 7.71. The first kappa shape index (κ1) is 17.2. The van der Waals surface area contributed by atoms with Gasteiger partial charge in [0.15, 0.2) is 0 Å². The summed E-state index contributed by atoms with van der Waals surface area (Å²) in [4.78, 5) is 13.8. The van der Waals surface area contributed by atoms with E-state index in [1.54, 1.807) is 19.2 Å². The highest BCUT2D eigenvalue weighted by Crippen LogP contribution is 2.24. The highest BCUT2D eigenvalue weighted by atomic mass is 19.1. The number of rotatable bonds is 5. The summed E-state index contributed by atoms with van der Waals surface area (Å²) in [7, 11) is 3.49. The molecule has 0 saturated carbocycles. The lowest BCUT2D eigenvalue weighted by Gasteiger charge is -2.17. The van der Waals surface area contributed by atoms with Gasteiger partial charge in [0, 0.05) is 20.1 Å². The van der Waals surface area contributed by atoms with Gasteiger partial charge in [-0.25, -0.2) is 4.39 Å². The maximum Gasteiger partial charge on any atom is 0.256 e. The van der Waals surface area contributed by atoms with E-state index < -0.39 is 5.82 Å². The molecule has 0 bridgehead atoms. The molecule has 0 atom stereocenters. The minimum Gasteiger partial charge on any atom is -0.340 e. The topological polar surface area (TPSA) is 32.3 Å². The number of nitrogens with zero attached hydrogens (tertiary/aromatic N) is 1. The van der Waals surface area contributed by atoms with Crippen molar-refractivity contribution in [3.8, 4) is 11.1 Å². The summed E-state index contributed by atoms with van der Waals surface area (Å²) < 4.78 is 14.4. The van der Waals surface area contributed by atoms with E-state index in [1.165, 1.54) is 16.5 Å². The molecule has 0 aliphatic rings. The van der Waals surface area contributed by atoms with Gasteiger partial charge in [0.25, 0.3) is 5.91 Å². The third-order valence-electron chi connectivity index (χ3n) is 4.08. The lowest BCUT2D eigenvalue weighted by molar-refractivity contribution is 0.0792. The highest BCUT2D eigenvalue weighted by Gasteiger charge is 2.16. The van der Waals surface area contributed by atoms with Gasteiger partial charge < -0.3 is 10.2 Å². The molecular formula is C19H23FN2O. The third kappa shape index (κ3) is 3.96. The van der Waals surface area contributed by atoms with Crippen LogP contribution >= 0.6 is 0 Å². The Morgan fingerprint density at radius 2 is 1.74 bits per heavy atom. The number of likely N-dealkylation sites (N-methyl/N-ethyl adjacent to an activating group) is 2. The van der Waals surface area contributed by atoms with Crippen LogP contribution in [-0.2, 0) is 0 Å². The second-order valence-corrected chi connectivity index (χ2v) is 5.82. The third-order valence-corrected chi connectivity index (χ3v) is 4.08. The van der Waals surface area contributed by atoms with Crippen molar-refractivity contribution in [3.63, 3.8) is 0 Å². The van der Waals surface area contributed by atoms with E-state index in [0.29, 0.717) is 13.1 Å². The number of carbonyl (C=O) groups excluding carboxylic acids is 1. The van der Waals surface area contributed by atoms with E-state index in [4.69, 9.17) is 0 Å². The van der Waals surface area contributed by atoms with Gasteiger partial charge in [0.1, 0.15) is 5.82 Å². The Labute approximate surface area is 137 Å². The molecule has 23 heavy (non-hydrogen) atoms. The Morgan fingerprint density at radius 3 is 2.35 bits per heavy atom. The summed E-state index contributed by atoms with van der Waals surface area (Å²) in [5, 5.41) is 2.97. The van der Waals surface area contributed by atoms with Crippen molar-refractivity contribution in [2.24, 2.45) is 0 Å². The molecule has 0 spiro atoms. The van der Waals surface area contributed by atoms with Crippen LogP contribution in [0.3, 0.4) is 0 Å². The van der Waals surface area contributed by atoms with Crippen molar-refractivity contribution >= 4 is 5.91 Å². The van der Waals surface area contributed by atoms with E-state index >= 15 is 0 Å². The van der Waals surface area contributed by atoms with Crippen LogP contribution in [-0.4, -0.2) is 38.0 Å². The van der Waals surface area contributed by atoms with Crippen molar-refractivity contribution in [1.29, 1.82) is 0 Å². The predicted molar refractivity (Wildman–Crippen MR) is 92.2 cm³/mol. The number of hydrogen-bond acceptors (Lipinski definition) is 2. The summed E-state index contributed by atoms with van der Waals surface area (Å²) in [6, 6.07) is 10.8. The smallest absolute Gasteiger partial charge is 0.256 e. The molecule has 2 rings (SSSR count). The Morgan fingerprint density at radius 1 is 1.09 bits per heavy atom. The van der Waals surface area contributed by atoms with E-state index in [-0.39, 0.29) is 11.5 Å². The molecule has 0 saturated heterocycles. The van der Waals surface area contributed by atoms with E-state index in [2.05, 4.69) is 5.32 Å². The van der Waals surface area contributed by atoms with Crippen LogP contribution in [0, 0.1) is 19.7 Å². The maximum atomic E-state index is 14.4. The number of halogens is 1. The van der Waals surface area contributed by atoms with Gasteiger partial charge in [-0.15, -0.1) is 0 Å². The molecule has 0 aliphatic heterocycles. The van der Waals surface area contributed by atoms with Crippen LogP contribution in [0.1, 0.15) is 21.5 Å². The normalized spacial score (nSPS) is 10.7.